The van der Waals surface area contributed by atoms with Crippen LogP contribution < -0.4 is 4.80 Å². The molecule has 1 saturated carbocycles. The minimum atomic E-state index is -3.53. The van der Waals surface area contributed by atoms with Crippen LogP contribution in [0.15, 0.2) is 57.7 Å². The highest BCUT2D eigenvalue weighted by Crippen LogP contribution is 2.37. The number of thiazole rings is 1. The molecule has 0 unspecified atom stereocenters. The molecule has 0 radical (unpaired) electrons. The first-order chi connectivity index (χ1) is 16.4. The Morgan fingerprint density at radius 3 is 2.41 bits per heavy atom. The number of nitrogens with zero attached hydrogens (tertiary/aromatic N) is 3. The molecule has 1 saturated heterocycles. The Morgan fingerprint density at radius 2 is 1.71 bits per heavy atom. The Kier molecular flexibility index (Phi) is 7.16. The second-order valence-corrected chi connectivity index (χ2v) is 12.1. The highest BCUT2D eigenvalue weighted by Gasteiger charge is 2.26. The second-order valence-electron chi connectivity index (χ2n) is 8.46. The molecule has 2 heterocycles. The second kappa shape index (κ2) is 10.1. The first kappa shape index (κ1) is 24.0. The van der Waals surface area contributed by atoms with Crippen molar-refractivity contribution in [3.05, 3.63) is 62.7 Å². The zero-order valence-electron chi connectivity index (χ0n) is 18.5. The zero-order chi connectivity index (χ0) is 23.7. The SMILES string of the molecule is O=S(=O)(c1ccc(N=c2scc(-c3cc(Cl)ccc3Cl)n2C2CCCC2)cc1)N1CCOCC1. The van der Waals surface area contributed by atoms with Crippen molar-refractivity contribution in [3.8, 4) is 11.3 Å². The number of hydrogen-bond donors (Lipinski definition) is 0. The first-order valence-corrected chi connectivity index (χ1v) is 14.4. The van der Waals surface area contributed by atoms with Gasteiger partial charge in [0.2, 0.25) is 10.0 Å². The third kappa shape index (κ3) is 4.85. The lowest BCUT2D eigenvalue weighted by Gasteiger charge is -2.26. The lowest BCUT2D eigenvalue weighted by molar-refractivity contribution is 0.0730. The molecule has 2 aliphatic rings. The summed E-state index contributed by atoms with van der Waals surface area (Å²) in [5.41, 5.74) is 2.61. The van der Waals surface area contributed by atoms with Gasteiger partial charge in [-0.3, -0.25) is 0 Å². The van der Waals surface area contributed by atoms with E-state index in [0.717, 1.165) is 28.9 Å². The van der Waals surface area contributed by atoms with E-state index in [1.165, 1.54) is 17.1 Å². The predicted octanol–water partition coefficient (Wildman–Crippen LogP) is 5.89. The van der Waals surface area contributed by atoms with Gasteiger partial charge in [0.15, 0.2) is 4.80 Å². The van der Waals surface area contributed by atoms with E-state index in [-0.39, 0.29) is 4.90 Å². The third-order valence-corrected chi connectivity index (χ3v) is 9.62. The van der Waals surface area contributed by atoms with E-state index in [4.69, 9.17) is 32.9 Å². The van der Waals surface area contributed by atoms with Crippen LogP contribution in [0.25, 0.3) is 11.3 Å². The monoisotopic (exact) mass is 537 g/mol. The van der Waals surface area contributed by atoms with Crippen LogP contribution in [0.3, 0.4) is 0 Å². The molecule has 0 bridgehead atoms. The van der Waals surface area contributed by atoms with Crippen LogP contribution in [0.1, 0.15) is 31.7 Å². The van der Waals surface area contributed by atoms with Crippen LogP contribution in [0, 0.1) is 0 Å². The Balaban J connectivity index is 1.52. The van der Waals surface area contributed by atoms with Crippen molar-refractivity contribution >= 4 is 50.2 Å². The molecule has 34 heavy (non-hydrogen) atoms. The molecule has 180 valence electrons. The van der Waals surface area contributed by atoms with E-state index in [1.807, 2.05) is 12.1 Å². The molecule has 0 atom stereocenters. The van der Waals surface area contributed by atoms with E-state index in [9.17, 15) is 8.42 Å². The number of benzene rings is 2. The predicted molar refractivity (Wildman–Crippen MR) is 137 cm³/mol. The van der Waals surface area contributed by atoms with Gasteiger partial charge in [-0.1, -0.05) is 36.0 Å². The minimum absolute atomic E-state index is 0.273. The van der Waals surface area contributed by atoms with Crippen molar-refractivity contribution in [1.82, 2.24) is 8.87 Å². The fourth-order valence-electron chi connectivity index (χ4n) is 4.55. The fraction of sp³-hybridized carbons (Fsp3) is 0.375. The van der Waals surface area contributed by atoms with Crippen molar-refractivity contribution in [2.75, 3.05) is 26.3 Å². The summed E-state index contributed by atoms with van der Waals surface area (Å²) in [5, 5.41) is 3.36. The molecule has 10 heteroatoms. The Hall–Kier alpha value is -1.68. The average Bonchev–Trinajstić information content (AvgIpc) is 3.51. The molecule has 1 aromatic heterocycles. The van der Waals surface area contributed by atoms with Crippen molar-refractivity contribution in [2.45, 2.75) is 36.6 Å². The lowest BCUT2D eigenvalue weighted by Crippen LogP contribution is -2.40. The van der Waals surface area contributed by atoms with Gasteiger partial charge in [0.05, 0.1) is 34.5 Å². The summed E-state index contributed by atoms with van der Waals surface area (Å²) in [7, 11) is -3.53. The maximum atomic E-state index is 12.9. The number of ether oxygens (including phenoxy) is 1. The standard InChI is InChI=1S/C24H25Cl2N3O3S2/c25-17-5-10-22(26)21(15-17)23-16-33-24(29(23)19-3-1-2-4-19)27-18-6-8-20(9-7-18)34(30,31)28-11-13-32-14-12-28/h5-10,15-16,19H,1-4,11-14H2. The smallest absolute Gasteiger partial charge is 0.243 e. The maximum absolute atomic E-state index is 12.9. The zero-order valence-corrected chi connectivity index (χ0v) is 21.6. The van der Waals surface area contributed by atoms with Gasteiger partial charge < -0.3 is 9.30 Å². The molecule has 6 nitrogen and oxygen atoms in total. The van der Waals surface area contributed by atoms with Gasteiger partial charge >= 0.3 is 0 Å². The Labute approximate surface area is 213 Å². The lowest BCUT2D eigenvalue weighted by atomic mass is 10.1. The number of aromatic nitrogens is 1. The van der Waals surface area contributed by atoms with Crippen LogP contribution in [0.5, 0.6) is 0 Å². The summed E-state index contributed by atoms with van der Waals surface area (Å²) in [6.45, 7) is 1.59. The quantitative estimate of drug-likeness (QED) is 0.407. The molecule has 5 rings (SSSR count). The maximum Gasteiger partial charge on any atom is 0.243 e. The van der Waals surface area contributed by atoms with Gasteiger partial charge in [-0.15, -0.1) is 11.3 Å². The third-order valence-electron chi connectivity index (χ3n) is 6.31. The molecular formula is C24H25Cl2N3O3S2. The summed E-state index contributed by atoms with van der Waals surface area (Å²) in [6.07, 6.45) is 4.55. The van der Waals surface area contributed by atoms with Gasteiger partial charge in [-0.05, 0) is 55.3 Å². The molecule has 1 aliphatic carbocycles. The van der Waals surface area contributed by atoms with Gasteiger partial charge in [-0.2, -0.15) is 4.31 Å². The minimum Gasteiger partial charge on any atom is -0.379 e. The average molecular weight is 539 g/mol. The summed E-state index contributed by atoms with van der Waals surface area (Å²) in [5.74, 6) is 0. The molecule has 0 amide bonds. The summed E-state index contributed by atoms with van der Waals surface area (Å²) < 4.78 is 34.9. The summed E-state index contributed by atoms with van der Waals surface area (Å²) in [6, 6.07) is 12.6. The normalized spacial score (nSPS) is 18.6. The molecule has 0 N–H and O–H groups in total. The van der Waals surface area contributed by atoms with E-state index >= 15 is 0 Å². The van der Waals surface area contributed by atoms with E-state index in [1.54, 1.807) is 41.7 Å². The van der Waals surface area contributed by atoms with Crippen molar-refractivity contribution < 1.29 is 13.2 Å². The summed E-state index contributed by atoms with van der Waals surface area (Å²) in [4.78, 5) is 6.03. The van der Waals surface area contributed by atoms with Crippen molar-refractivity contribution in [2.24, 2.45) is 4.99 Å². The first-order valence-electron chi connectivity index (χ1n) is 11.3. The van der Waals surface area contributed by atoms with Gasteiger partial charge in [0.25, 0.3) is 0 Å². The van der Waals surface area contributed by atoms with Crippen LogP contribution >= 0.6 is 34.5 Å². The van der Waals surface area contributed by atoms with Crippen molar-refractivity contribution in [3.63, 3.8) is 0 Å². The molecular weight excluding hydrogens is 513 g/mol. The highest BCUT2D eigenvalue weighted by atomic mass is 35.5. The van der Waals surface area contributed by atoms with Crippen LogP contribution in [0.4, 0.5) is 5.69 Å². The van der Waals surface area contributed by atoms with Gasteiger partial charge in [0, 0.05) is 35.1 Å². The number of morpholine rings is 1. The molecule has 2 aromatic carbocycles. The fourth-order valence-corrected chi connectivity index (χ4v) is 7.32. The molecule has 2 fully saturated rings. The largest absolute Gasteiger partial charge is 0.379 e. The summed E-state index contributed by atoms with van der Waals surface area (Å²) >= 11 is 14.4. The Morgan fingerprint density at radius 1 is 1.00 bits per heavy atom. The van der Waals surface area contributed by atoms with E-state index < -0.39 is 10.0 Å². The van der Waals surface area contributed by atoms with E-state index in [2.05, 4.69) is 9.95 Å². The molecule has 0 spiro atoms. The molecule has 1 aliphatic heterocycles. The van der Waals surface area contributed by atoms with E-state index in [0.29, 0.717) is 48.1 Å². The topological polar surface area (TPSA) is 63.9 Å². The van der Waals surface area contributed by atoms with Crippen molar-refractivity contribution in [1.29, 1.82) is 0 Å². The number of rotatable bonds is 5. The van der Waals surface area contributed by atoms with Crippen LogP contribution in [-0.2, 0) is 14.8 Å². The number of sulfonamides is 1. The van der Waals surface area contributed by atoms with Crippen LogP contribution in [0.2, 0.25) is 10.0 Å². The highest BCUT2D eigenvalue weighted by molar-refractivity contribution is 7.89. The van der Waals surface area contributed by atoms with Gasteiger partial charge in [-0.25, -0.2) is 13.4 Å². The van der Waals surface area contributed by atoms with Crippen LogP contribution in [-0.4, -0.2) is 43.6 Å². The number of halogens is 2. The Bertz CT molecular complexity index is 1340. The molecule has 3 aromatic rings. The van der Waals surface area contributed by atoms with Gasteiger partial charge in [0.1, 0.15) is 0 Å². The number of hydrogen-bond acceptors (Lipinski definition) is 5.